The highest BCUT2D eigenvalue weighted by molar-refractivity contribution is 5.93. The van der Waals surface area contributed by atoms with Crippen molar-refractivity contribution in [1.29, 1.82) is 0 Å². The normalized spacial score (nSPS) is 11.6. The first-order valence-electron chi connectivity index (χ1n) is 8.35. The number of amides is 2. The highest BCUT2D eigenvalue weighted by atomic mass is 19.1. The van der Waals surface area contributed by atoms with Crippen molar-refractivity contribution >= 4 is 17.9 Å². The molecule has 0 fully saturated rings. The molecule has 8 heteroatoms. The van der Waals surface area contributed by atoms with Gasteiger partial charge in [0.05, 0.1) is 14.2 Å². The Kier molecular flexibility index (Phi) is 7.38. The number of para-hydroxylation sites is 1. The predicted molar refractivity (Wildman–Crippen MR) is 101 cm³/mol. The molecule has 148 valence electrons. The monoisotopic (exact) mass is 388 g/mol. The van der Waals surface area contributed by atoms with E-state index in [-0.39, 0.29) is 5.75 Å². The number of benzene rings is 2. The van der Waals surface area contributed by atoms with Crippen molar-refractivity contribution in [2.45, 2.75) is 13.0 Å². The molecular weight excluding hydrogens is 367 g/mol. The molecule has 2 amide bonds. The Morgan fingerprint density at radius 1 is 1.00 bits per heavy atom. The van der Waals surface area contributed by atoms with Gasteiger partial charge < -0.3 is 14.2 Å². The Bertz CT molecular complexity index is 869. The van der Waals surface area contributed by atoms with E-state index in [1.54, 1.807) is 30.3 Å². The first-order valence-corrected chi connectivity index (χ1v) is 8.35. The second-order valence-electron chi connectivity index (χ2n) is 5.62. The van der Waals surface area contributed by atoms with Gasteiger partial charge in [0, 0.05) is 6.08 Å². The summed E-state index contributed by atoms with van der Waals surface area (Å²) in [5.74, 6) is -0.719. The summed E-state index contributed by atoms with van der Waals surface area (Å²) in [6, 6.07) is 10.9. The van der Waals surface area contributed by atoms with Crippen molar-refractivity contribution in [2.75, 3.05) is 14.2 Å². The summed E-state index contributed by atoms with van der Waals surface area (Å²) in [7, 11) is 3.04. The number of hydrazine groups is 1. The highest BCUT2D eigenvalue weighted by Gasteiger charge is 2.16. The molecule has 2 aromatic rings. The van der Waals surface area contributed by atoms with Crippen molar-refractivity contribution in [2.24, 2.45) is 0 Å². The molecule has 0 bridgehead atoms. The lowest BCUT2D eigenvalue weighted by Gasteiger charge is -2.15. The van der Waals surface area contributed by atoms with Crippen LogP contribution < -0.4 is 25.1 Å². The maximum atomic E-state index is 13.5. The van der Waals surface area contributed by atoms with E-state index in [9.17, 15) is 14.0 Å². The van der Waals surface area contributed by atoms with E-state index < -0.39 is 23.7 Å². The van der Waals surface area contributed by atoms with Gasteiger partial charge in [0.25, 0.3) is 11.8 Å². The maximum absolute atomic E-state index is 13.5. The molecule has 0 aliphatic carbocycles. The number of carbonyl (C=O) groups excluding carboxylic acids is 2. The minimum Gasteiger partial charge on any atom is -0.493 e. The number of hydrogen-bond donors (Lipinski definition) is 2. The number of methoxy groups -OCH3 is 2. The number of carbonyl (C=O) groups is 2. The van der Waals surface area contributed by atoms with E-state index in [0.717, 1.165) is 0 Å². The van der Waals surface area contributed by atoms with Gasteiger partial charge in [-0.2, -0.15) is 0 Å². The summed E-state index contributed by atoms with van der Waals surface area (Å²) < 4.78 is 29.1. The third-order valence-corrected chi connectivity index (χ3v) is 3.65. The fraction of sp³-hybridized carbons (Fsp3) is 0.200. The molecule has 7 nitrogen and oxygen atoms in total. The molecule has 0 aromatic heterocycles. The molecule has 2 N–H and O–H groups in total. The van der Waals surface area contributed by atoms with Gasteiger partial charge in [-0.25, -0.2) is 4.39 Å². The number of halogens is 1. The second-order valence-corrected chi connectivity index (χ2v) is 5.62. The fourth-order valence-corrected chi connectivity index (χ4v) is 2.18. The summed E-state index contributed by atoms with van der Waals surface area (Å²) >= 11 is 0. The Balaban J connectivity index is 1.87. The van der Waals surface area contributed by atoms with Crippen LogP contribution in [0.5, 0.6) is 17.2 Å². The number of nitrogens with one attached hydrogen (secondary N) is 2. The minimum absolute atomic E-state index is 0.0511. The lowest BCUT2D eigenvalue weighted by atomic mass is 10.2. The number of rotatable bonds is 7. The van der Waals surface area contributed by atoms with E-state index in [2.05, 4.69) is 10.9 Å². The van der Waals surface area contributed by atoms with Crippen LogP contribution in [-0.2, 0) is 9.59 Å². The lowest BCUT2D eigenvalue weighted by Crippen LogP contribution is -2.46. The van der Waals surface area contributed by atoms with Gasteiger partial charge in [0.1, 0.15) is 0 Å². The van der Waals surface area contributed by atoms with Crippen LogP contribution in [0.2, 0.25) is 0 Å². The smallest absolute Gasteiger partial charge is 0.279 e. The van der Waals surface area contributed by atoms with Gasteiger partial charge in [-0.3, -0.25) is 20.4 Å². The largest absolute Gasteiger partial charge is 0.493 e. The van der Waals surface area contributed by atoms with E-state index >= 15 is 0 Å². The van der Waals surface area contributed by atoms with Gasteiger partial charge in [-0.15, -0.1) is 0 Å². The Labute approximate surface area is 162 Å². The zero-order chi connectivity index (χ0) is 20.5. The van der Waals surface area contributed by atoms with E-state index in [0.29, 0.717) is 17.1 Å². The molecule has 28 heavy (non-hydrogen) atoms. The first-order chi connectivity index (χ1) is 13.4. The Morgan fingerprint density at radius 3 is 2.39 bits per heavy atom. The molecule has 2 rings (SSSR count). The summed E-state index contributed by atoms with van der Waals surface area (Å²) in [4.78, 5) is 23.8. The molecule has 0 heterocycles. The summed E-state index contributed by atoms with van der Waals surface area (Å²) in [6.45, 7) is 1.44. The van der Waals surface area contributed by atoms with Crippen molar-refractivity contribution in [3.63, 3.8) is 0 Å². The molecule has 2 aromatic carbocycles. The molecule has 0 saturated heterocycles. The fourth-order valence-electron chi connectivity index (χ4n) is 2.18. The second kappa shape index (κ2) is 9.96. The molecule has 0 unspecified atom stereocenters. The summed E-state index contributed by atoms with van der Waals surface area (Å²) in [6.07, 6.45) is 1.78. The van der Waals surface area contributed by atoms with Gasteiger partial charge >= 0.3 is 0 Å². The van der Waals surface area contributed by atoms with Gasteiger partial charge in [0.15, 0.2) is 29.2 Å². The lowest BCUT2D eigenvalue weighted by molar-refractivity contribution is -0.131. The van der Waals surface area contributed by atoms with Gasteiger partial charge in [0.2, 0.25) is 0 Å². The van der Waals surface area contributed by atoms with Gasteiger partial charge in [-0.1, -0.05) is 18.2 Å². The summed E-state index contributed by atoms with van der Waals surface area (Å²) in [5.41, 5.74) is 5.15. The standard InChI is InChI=1S/C20H21FN2O5/c1-13(28-16-7-5-4-6-15(16)21)20(25)23-22-19(24)11-9-14-8-10-17(26-2)18(12-14)27-3/h4-13H,1-3H3,(H,22,24)(H,23,25)/b11-9+/t13-/m0/s1. The molecule has 0 radical (unpaired) electrons. The molecule has 0 saturated carbocycles. The summed E-state index contributed by atoms with van der Waals surface area (Å²) in [5, 5.41) is 0. The van der Waals surface area contributed by atoms with Crippen LogP contribution in [0.1, 0.15) is 12.5 Å². The molecule has 0 spiro atoms. The third-order valence-electron chi connectivity index (χ3n) is 3.65. The third kappa shape index (κ3) is 5.73. The highest BCUT2D eigenvalue weighted by Crippen LogP contribution is 2.27. The van der Waals surface area contributed by atoms with E-state index in [4.69, 9.17) is 14.2 Å². The predicted octanol–water partition coefficient (Wildman–Crippen LogP) is 2.47. The average molecular weight is 388 g/mol. The van der Waals surface area contributed by atoms with Crippen LogP contribution in [0.3, 0.4) is 0 Å². The number of hydrogen-bond acceptors (Lipinski definition) is 5. The molecule has 1 atom stereocenters. The number of ether oxygens (including phenoxy) is 3. The minimum atomic E-state index is -1.01. The Morgan fingerprint density at radius 2 is 1.71 bits per heavy atom. The van der Waals surface area contributed by atoms with Crippen LogP contribution in [-0.4, -0.2) is 32.1 Å². The first kappa shape index (κ1) is 20.8. The van der Waals surface area contributed by atoms with Crippen LogP contribution >= 0.6 is 0 Å². The van der Waals surface area contributed by atoms with Crippen molar-refractivity contribution in [1.82, 2.24) is 10.9 Å². The van der Waals surface area contributed by atoms with Crippen LogP contribution in [0.25, 0.3) is 6.08 Å². The SMILES string of the molecule is COc1ccc(/C=C/C(=O)NNC(=O)[C@H](C)Oc2ccccc2F)cc1OC. The van der Waals surface area contributed by atoms with Crippen LogP contribution in [0.15, 0.2) is 48.5 Å². The topological polar surface area (TPSA) is 85.9 Å². The van der Waals surface area contributed by atoms with Crippen molar-refractivity contribution < 1.29 is 28.2 Å². The molecule has 0 aliphatic heterocycles. The maximum Gasteiger partial charge on any atom is 0.279 e. The molecule has 0 aliphatic rings. The average Bonchev–Trinajstić information content (AvgIpc) is 2.71. The quantitative estimate of drug-likeness (QED) is 0.562. The van der Waals surface area contributed by atoms with Gasteiger partial charge in [-0.05, 0) is 42.8 Å². The molecular formula is C20H21FN2O5. The van der Waals surface area contributed by atoms with Crippen molar-refractivity contribution in [3.05, 3.63) is 59.9 Å². The van der Waals surface area contributed by atoms with E-state index in [1.807, 2.05) is 0 Å². The zero-order valence-electron chi connectivity index (χ0n) is 15.7. The zero-order valence-corrected chi connectivity index (χ0v) is 15.7. The van der Waals surface area contributed by atoms with Crippen LogP contribution in [0.4, 0.5) is 4.39 Å². The van der Waals surface area contributed by atoms with Crippen molar-refractivity contribution in [3.8, 4) is 17.2 Å². The van der Waals surface area contributed by atoms with Crippen LogP contribution in [0, 0.1) is 5.82 Å². The Hall–Kier alpha value is -3.55. The van der Waals surface area contributed by atoms with E-state index in [1.165, 1.54) is 45.4 Å².